The van der Waals surface area contributed by atoms with Crippen molar-refractivity contribution >= 4 is 11.4 Å². The highest BCUT2D eigenvalue weighted by Gasteiger charge is 2.35. The van der Waals surface area contributed by atoms with Crippen molar-refractivity contribution in [3.05, 3.63) is 76.3 Å². The lowest BCUT2D eigenvalue weighted by Crippen LogP contribution is -2.33. The van der Waals surface area contributed by atoms with E-state index >= 15 is 0 Å². The van der Waals surface area contributed by atoms with Gasteiger partial charge in [0.15, 0.2) is 11.9 Å². The molecule has 27 heavy (non-hydrogen) atoms. The van der Waals surface area contributed by atoms with Crippen LogP contribution in [0.5, 0.6) is 11.5 Å². The Kier molecular flexibility index (Phi) is 4.86. The van der Waals surface area contributed by atoms with E-state index in [0.717, 1.165) is 0 Å². The normalized spacial score (nSPS) is 18.3. The topological polar surface area (TPSA) is 98.3 Å². The van der Waals surface area contributed by atoms with Crippen molar-refractivity contribution in [1.29, 1.82) is 5.26 Å². The first-order valence-corrected chi connectivity index (χ1v) is 7.90. The number of nitro groups is 1. The Morgan fingerprint density at radius 2 is 2.19 bits per heavy atom. The molecule has 3 rings (SSSR count). The Balaban J connectivity index is 1.91. The number of rotatable bonds is 5. The molecule has 0 saturated carbocycles. The number of pyridine rings is 1. The third-order valence-corrected chi connectivity index (χ3v) is 4.03. The van der Waals surface area contributed by atoms with Gasteiger partial charge in [0.25, 0.3) is 0 Å². The zero-order chi connectivity index (χ0) is 19.4. The van der Waals surface area contributed by atoms with Gasteiger partial charge < -0.3 is 19.6 Å². The Morgan fingerprint density at radius 3 is 2.81 bits per heavy atom. The maximum atomic E-state index is 14.4. The zero-order valence-corrected chi connectivity index (χ0v) is 14.3. The Labute approximate surface area is 154 Å². The lowest BCUT2D eigenvalue weighted by atomic mass is 9.86. The Morgan fingerprint density at radius 1 is 1.37 bits per heavy atom. The van der Waals surface area contributed by atoms with Crippen molar-refractivity contribution in [2.45, 2.75) is 12.0 Å². The SMILES string of the molecule is COc1cccc(F)c1C1=CC=CC(C#N)(Oc2ccc([N+](=O)[O-])nc2)C1. The van der Waals surface area contributed by atoms with Gasteiger partial charge in [0.2, 0.25) is 5.60 Å². The molecule has 0 fully saturated rings. The second kappa shape index (κ2) is 7.25. The number of aromatic nitrogens is 1. The van der Waals surface area contributed by atoms with Crippen molar-refractivity contribution in [2.75, 3.05) is 7.11 Å². The van der Waals surface area contributed by atoms with Crippen molar-refractivity contribution < 1.29 is 18.8 Å². The molecule has 8 heteroatoms. The van der Waals surface area contributed by atoms with Gasteiger partial charge in [-0.1, -0.05) is 18.2 Å². The molecule has 0 bridgehead atoms. The van der Waals surface area contributed by atoms with Gasteiger partial charge in [0.05, 0.1) is 12.7 Å². The van der Waals surface area contributed by atoms with E-state index in [1.165, 1.54) is 37.6 Å². The average molecular weight is 367 g/mol. The second-order valence-corrected chi connectivity index (χ2v) is 5.76. The molecule has 1 aliphatic carbocycles. The summed E-state index contributed by atoms with van der Waals surface area (Å²) < 4.78 is 25.4. The summed E-state index contributed by atoms with van der Waals surface area (Å²) in [6.07, 6.45) is 6.08. The fourth-order valence-electron chi connectivity index (χ4n) is 2.80. The molecule has 0 N–H and O–H groups in total. The van der Waals surface area contributed by atoms with Gasteiger partial charge in [-0.3, -0.25) is 0 Å². The van der Waals surface area contributed by atoms with Crippen LogP contribution in [0.15, 0.2) is 54.8 Å². The molecule has 1 aromatic carbocycles. The third kappa shape index (κ3) is 3.62. The maximum absolute atomic E-state index is 14.4. The third-order valence-electron chi connectivity index (χ3n) is 4.03. The van der Waals surface area contributed by atoms with Crippen LogP contribution in [0.25, 0.3) is 5.57 Å². The van der Waals surface area contributed by atoms with Crippen molar-refractivity contribution in [2.24, 2.45) is 0 Å². The summed E-state index contributed by atoms with van der Waals surface area (Å²) in [6.45, 7) is 0. The predicted molar refractivity (Wildman–Crippen MR) is 94.5 cm³/mol. The van der Waals surface area contributed by atoms with Gasteiger partial charge in [-0.25, -0.2) is 4.39 Å². The molecule has 0 aliphatic heterocycles. The van der Waals surface area contributed by atoms with E-state index in [2.05, 4.69) is 11.1 Å². The second-order valence-electron chi connectivity index (χ2n) is 5.76. The lowest BCUT2D eigenvalue weighted by Gasteiger charge is -2.28. The summed E-state index contributed by atoms with van der Waals surface area (Å²) in [5.74, 6) is -0.266. The van der Waals surface area contributed by atoms with Crippen LogP contribution < -0.4 is 9.47 Å². The molecule has 1 unspecified atom stereocenters. The summed E-state index contributed by atoms with van der Waals surface area (Å²) in [4.78, 5) is 13.7. The average Bonchev–Trinajstić information content (AvgIpc) is 2.68. The molecule has 1 heterocycles. The first kappa shape index (κ1) is 18.1. The van der Waals surface area contributed by atoms with Gasteiger partial charge in [0.1, 0.15) is 17.6 Å². The molecule has 136 valence electrons. The minimum absolute atomic E-state index is 0.0638. The molecule has 1 aliphatic rings. The largest absolute Gasteiger partial charge is 0.496 e. The maximum Gasteiger partial charge on any atom is 0.363 e. The van der Waals surface area contributed by atoms with Crippen LogP contribution in [0.2, 0.25) is 0 Å². The number of nitriles is 1. The van der Waals surface area contributed by atoms with E-state index in [0.29, 0.717) is 11.3 Å². The Bertz CT molecular complexity index is 979. The van der Waals surface area contributed by atoms with Crippen LogP contribution in [0.3, 0.4) is 0 Å². The number of ether oxygens (including phenoxy) is 2. The standard InChI is InChI=1S/C19H14FN3O4/c1-26-16-6-2-5-15(20)18(16)13-4-3-9-19(10-13,12-21)27-14-7-8-17(22-11-14)23(24)25/h2-9,11H,10H2,1H3. The first-order chi connectivity index (χ1) is 13.0. The molecule has 0 amide bonds. The van der Waals surface area contributed by atoms with Gasteiger partial charge in [-0.05, 0) is 39.8 Å². The number of allylic oxidation sites excluding steroid dienone is 2. The lowest BCUT2D eigenvalue weighted by molar-refractivity contribution is -0.389. The van der Waals surface area contributed by atoms with Gasteiger partial charge >= 0.3 is 5.82 Å². The summed E-state index contributed by atoms with van der Waals surface area (Å²) in [7, 11) is 1.44. The van der Waals surface area contributed by atoms with Crippen LogP contribution in [-0.4, -0.2) is 22.6 Å². The van der Waals surface area contributed by atoms with E-state index in [4.69, 9.17) is 9.47 Å². The molecule has 1 aromatic heterocycles. The van der Waals surface area contributed by atoms with Gasteiger partial charge in [0, 0.05) is 12.5 Å². The minimum atomic E-state index is -1.41. The summed E-state index contributed by atoms with van der Waals surface area (Å²) in [5.41, 5.74) is -0.617. The zero-order valence-electron chi connectivity index (χ0n) is 14.3. The monoisotopic (exact) mass is 367 g/mol. The summed E-state index contributed by atoms with van der Waals surface area (Å²) >= 11 is 0. The molecular weight excluding hydrogens is 353 g/mol. The molecule has 0 saturated heterocycles. The molecule has 7 nitrogen and oxygen atoms in total. The number of halogens is 1. The van der Waals surface area contributed by atoms with Gasteiger partial charge in [-0.2, -0.15) is 5.26 Å². The number of hydrogen-bond donors (Lipinski definition) is 0. The van der Waals surface area contributed by atoms with E-state index < -0.39 is 16.3 Å². The van der Waals surface area contributed by atoms with E-state index in [9.17, 15) is 19.8 Å². The fourth-order valence-corrected chi connectivity index (χ4v) is 2.80. The molecular formula is C19H14FN3O4. The molecule has 0 spiro atoms. The summed E-state index contributed by atoms with van der Waals surface area (Å²) in [5, 5.41) is 20.4. The molecule has 1 atom stereocenters. The van der Waals surface area contributed by atoms with Crippen LogP contribution in [0.4, 0.5) is 10.2 Å². The summed E-state index contributed by atoms with van der Waals surface area (Å²) in [6, 6.07) is 9.11. The quantitative estimate of drug-likeness (QED) is 0.588. The smallest absolute Gasteiger partial charge is 0.363 e. The highest BCUT2D eigenvalue weighted by atomic mass is 19.1. The van der Waals surface area contributed by atoms with E-state index in [-0.39, 0.29) is 23.6 Å². The van der Waals surface area contributed by atoms with Crippen molar-refractivity contribution in [3.63, 3.8) is 0 Å². The molecule has 2 aromatic rings. The first-order valence-electron chi connectivity index (χ1n) is 7.90. The van der Waals surface area contributed by atoms with Crippen molar-refractivity contribution in [1.82, 2.24) is 4.98 Å². The predicted octanol–water partition coefficient (Wildman–Crippen LogP) is 3.82. The van der Waals surface area contributed by atoms with Crippen LogP contribution in [0.1, 0.15) is 12.0 Å². The number of nitrogens with zero attached hydrogens (tertiary/aromatic N) is 3. The molecule has 0 radical (unpaired) electrons. The minimum Gasteiger partial charge on any atom is -0.496 e. The highest BCUT2D eigenvalue weighted by molar-refractivity contribution is 5.75. The number of benzene rings is 1. The fraction of sp³-hybridized carbons (Fsp3) is 0.158. The van der Waals surface area contributed by atoms with E-state index in [1.54, 1.807) is 24.3 Å². The number of hydrogen-bond acceptors (Lipinski definition) is 6. The highest BCUT2D eigenvalue weighted by Crippen LogP contribution is 2.38. The Hall–Kier alpha value is -3.73. The van der Waals surface area contributed by atoms with Crippen molar-refractivity contribution in [3.8, 4) is 17.6 Å². The van der Waals surface area contributed by atoms with Crippen LogP contribution >= 0.6 is 0 Å². The van der Waals surface area contributed by atoms with Crippen LogP contribution in [-0.2, 0) is 0 Å². The van der Waals surface area contributed by atoms with Gasteiger partial charge in [-0.15, -0.1) is 0 Å². The van der Waals surface area contributed by atoms with Crippen LogP contribution in [0, 0.1) is 27.3 Å². The van der Waals surface area contributed by atoms with E-state index in [1.807, 2.05) is 0 Å². The number of methoxy groups -OCH3 is 1.